The van der Waals surface area contributed by atoms with Gasteiger partial charge in [0.2, 0.25) is 0 Å². The molecule has 4 rings (SSSR count). The summed E-state index contributed by atoms with van der Waals surface area (Å²) in [6.07, 6.45) is -2.13. The molecule has 1 saturated heterocycles. The number of hydrogen-bond acceptors (Lipinski definition) is 5. The van der Waals surface area contributed by atoms with Gasteiger partial charge in [-0.25, -0.2) is 4.98 Å². The van der Waals surface area contributed by atoms with E-state index in [-0.39, 0.29) is 17.6 Å². The van der Waals surface area contributed by atoms with Crippen molar-refractivity contribution in [2.75, 3.05) is 13.1 Å². The molecule has 3 aromatic heterocycles. The zero-order valence-corrected chi connectivity index (χ0v) is 14.3. The van der Waals surface area contributed by atoms with E-state index < -0.39 is 11.9 Å². The Morgan fingerprint density at radius 1 is 1.35 bits per heavy atom. The van der Waals surface area contributed by atoms with Gasteiger partial charge in [0.25, 0.3) is 11.7 Å². The summed E-state index contributed by atoms with van der Waals surface area (Å²) in [6, 6.07) is 4.57. The van der Waals surface area contributed by atoms with Gasteiger partial charge >= 0.3 is 6.18 Å². The Labute approximate surface area is 150 Å². The predicted molar refractivity (Wildman–Crippen MR) is 88.0 cm³/mol. The number of nitrogens with zero attached hydrogens (tertiary/aromatic N) is 5. The van der Waals surface area contributed by atoms with Crippen LogP contribution >= 0.6 is 11.3 Å². The number of carbonyl (C=O) groups excluding carboxylic acids is 1. The minimum Gasteiger partial charge on any atom is -0.337 e. The Morgan fingerprint density at radius 3 is 2.92 bits per heavy atom. The van der Waals surface area contributed by atoms with Gasteiger partial charge < -0.3 is 4.90 Å². The van der Waals surface area contributed by atoms with Gasteiger partial charge in [0.15, 0.2) is 5.69 Å². The summed E-state index contributed by atoms with van der Waals surface area (Å²) < 4.78 is 40.8. The van der Waals surface area contributed by atoms with E-state index in [0.717, 1.165) is 12.4 Å². The quantitative estimate of drug-likeness (QED) is 0.684. The molecule has 0 radical (unpaired) electrons. The van der Waals surface area contributed by atoms with Crippen molar-refractivity contribution in [3.63, 3.8) is 0 Å². The molecule has 26 heavy (non-hydrogen) atoms. The van der Waals surface area contributed by atoms with Crippen molar-refractivity contribution in [2.24, 2.45) is 0 Å². The summed E-state index contributed by atoms with van der Waals surface area (Å²) in [5.41, 5.74) is -0.613. The summed E-state index contributed by atoms with van der Waals surface area (Å²) in [5, 5.41) is 5.43. The molecule has 1 aliphatic heterocycles. The summed E-state index contributed by atoms with van der Waals surface area (Å²) in [4.78, 5) is 22.9. The van der Waals surface area contributed by atoms with Gasteiger partial charge in [-0.1, -0.05) is 6.07 Å². The largest absolute Gasteiger partial charge is 0.433 e. The predicted octanol–water partition coefficient (Wildman–Crippen LogP) is 3.22. The van der Waals surface area contributed by atoms with E-state index in [1.54, 1.807) is 17.0 Å². The molecule has 0 bridgehead atoms. The Balaban J connectivity index is 1.66. The van der Waals surface area contributed by atoms with Crippen LogP contribution in [0.3, 0.4) is 0 Å². The Hall–Kier alpha value is -2.49. The monoisotopic (exact) mass is 381 g/mol. The number of aromatic nitrogens is 4. The molecule has 4 heterocycles. The number of halogens is 3. The molecule has 0 aliphatic carbocycles. The maximum atomic E-state index is 13.4. The highest BCUT2D eigenvalue weighted by molar-refractivity contribution is 7.12. The molecule has 1 fully saturated rings. The highest BCUT2D eigenvalue weighted by Gasteiger charge is 2.36. The highest BCUT2D eigenvalue weighted by atomic mass is 32.1. The molecule has 136 valence electrons. The fourth-order valence-electron chi connectivity index (χ4n) is 3.20. The summed E-state index contributed by atoms with van der Waals surface area (Å²) in [5.74, 6) is -0.448. The summed E-state index contributed by atoms with van der Waals surface area (Å²) >= 11 is 1.35. The molecular weight excluding hydrogens is 367 g/mol. The van der Waals surface area contributed by atoms with E-state index in [4.69, 9.17) is 0 Å². The number of amides is 1. The van der Waals surface area contributed by atoms with Gasteiger partial charge in [-0.2, -0.15) is 27.8 Å². The molecule has 3 aromatic rings. The smallest absolute Gasteiger partial charge is 0.337 e. The highest BCUT2D eigenvalue weighted by Crippen LogP contribution is 2.33. The van der Waals surface area contributed by atoms with Gasteiger partial charge in [-0.3, -0.25) is 4.79 Å². The van der Waals surface area contributed by atoms with Crippen molar-refractivity contribution in [1.29, 1.82) is 0 Å². The van der Waals surface area contributed by atoms with Crippen molar-refractivity contribution in [2.45, 2.75) is 24.9 Å². The van der Waals surface area contributed by atoms with Crippen LogP contribution in [0, 0.1) is 0 Å². The van der Waals surface area contributed by atoms with Crippen LogP contribution in [0.4, 0.5) is 13.2 Å². The van der Waals surface area contributed by atoms with E-state index >= 15 is 0 Å². The second-order valence-corrected chi connectivity index (χ2v) is 7.05. The van der Waals surface area contributed by atoms with E-state index in [1.165, 1.54) is 11.3 Å². The first-order chi connectivity index (χ1) is 12.4. The fraction of sp³-hybridized carbons (Fsp3) is 0.375. The standard InChI is InChI=1S/C16H14F3N5OS/c17-16(18,19)13-7-11(22-15-20-9-21-24(13)15)10-3-1-5-23(8-10)14(25)12-4-2-6-26-12/h2,4,6-7,9-10H,1,3,5,8H2. The minimum absolute atomic E-state index is 0.0865. The van der Waals surface area contributed by atoms with Crippen LogP contribution in [-0.4, -0.2) is 43.5 Å². The van der Waals surface area contributed by atoms with E-state index in [0.29, 0.717) is 41.0 Å². The zero-order valence-electron chi connectivity index (χ0n) is 13.5. The molecule has 0 spiro atoms. The van der Waals surface area contributed by atoms with Gasteiger partial charge in [-0.15, -0.1) is 11.3 Å². The molecule has 0 aromatic carbocycles. The maximum absolute atomic E-state index is 13.4. The number of hydrogen-bond donors (Lipinski definition) is 0. The second-order valence-electron chi connectivity index (χ2n) is 6.10. The number of fused-ring (bicyclic) bond motifs is 1. The Morgan fingerprint density at radius 2 is 2.19 bits per heavy atom. The van der Waals surface area contributed by atoms with Crippen molar-refractivity contribution in [3.05, 3.63) is 46.2 Å². The zero-order chi connectivity index (χ0) is 18.3. The van der Waals surface area contributed by atoms with Crippen molar-refractivity contribution in [1.82, 2.24) is 24.5 Å². The van der Waals surface area contributed by atoms with Crippen molar-refractivity contribution in [3.8, 4) is 0 Å². The first-order valence-electron chi connectivity index (χ1n) is 8.04. The number of alkyl halides is 3. The topological polar surface area (TPSA) is 63.4 Å². The Kier molecular flexibility index (Phi) is 4.14. The third kappa shape index (κ3) is 3.05. The third-order valence-electron chi connectivity index (χ3n) is 4.42. The number of thiophene rings is 1. The lowest BCUT2D eigenvalue weighted by atomic mass is 9.94. The number of piperidine rings is 1. The average molecular weight is 381 g/mol. The third-order valence-corrected chi connectivity index (χ3v) is 5.28. The molecule has 1 amide bonds. The SMILES string of the molecule is O=C(c1cccs1)N1CCCC(c2cc(C(F)(F)F)n3ncnc3n2)C1. The van der Waals surface area contributed by atoms with Gasteiger partial charge in [-0.05, 0) is 30.4 Å². The maximum Gasteiger partial charge on any atom is 0.433 e. The lowest BCUT2D eigenvalue weighted by molar-refractivity contribution is -0.142. The van der Waals surface area contributed by atoms with Crippen LogP contribution in [0.2, 0.25) is 0 Å². The summed E-state index contributed by atoms with van der Waals surface area (Å²) in [7, 11) is 0. The van der Waals surface area contributed by atoms with Gasteiger partial charge in [0.1, 0.15) is 6.33 Å². The lowest BCUT2D eigenvalue weighted by Gasteiger charge is -2.32. The summed E-state index contributed by atoms with van der Waals surface area (Å²) in [6.45, 7) is 0.928. The molecule has 0 N–H and O–H groups in total. The molecule has 6 nitrogen and oxygen atoms in total. The first kappa shape index (κ1) is 17.0. The van der Waals surface area contributed by atoms with E-state index in [2.05, 4.69) is 15.1 Å². The van der Waals surface area contributed by atoms with Gasteiger partial charge in [0.05, 0.1) is 10.6 Å². The number of rotatable bonds is 2. The second kappa shape index (κ2) is 6.35. The normalized spacial score (nSPS) is 18.4. The number of likely N-dealkylation sites (tertiary alicyclic amines) is 1. The molecular formula is C16H14F3N5OS. The molecule has 10 heteroatoms. The van der Waals surface area contributed by atoms with Crippen LogP contribution in [0.1, 0.15) is 39.8 Å². The van der Waals surface area contributed by atoms with E-state index in [1.807, 2.05) is 5.38 Å². The molecule has 1 aliphatic rings. The van der Waals surface area contributed by atoms with Crippen molar-refractivity contribution < 1.29 is 18.0 Å². The first-order valence-corrected chi connectivity index (χ1v) is 8.92. The molecule has 1 atom stereocenters. The van der Waals surface area contributed by atoms with Crippen LogP contribution in [0.15, 0.2) is 29.9 Å². The van der Waals surface area contributed by atoms with Crippen molar-refractivity contribution >= 4 is 23.0 Å². The molecule has 0 saturated carbocycles. The number of carbonyl (C=O) groups is 1. The lowest BCUT2D eigenvalue weighted by Crippen LogP contribution is -2.39. The average Bonchev–Trinajstić information content (AvgIpc) is 3.31. The molecule has 1 unspecified atom stereocenters. The Bertz CT molecular complexity index is 937. The van der Waals surface area contributed by atoms with Crippen LogP contribution in [-0.2, 0) is 6.18 Å². The fourth-order valence-corrected chi connectivity index (χ4v) is 3.89. The van der Waals surface area contributed by atoms with E-state index in [9.17, 15) is 18.0 Å². The van der Waals surface area contributed by atoms with Crippen LogP contribution < -0.4 is 0 Å². The van der Waals surface area contributed by atoms with Crippen LogP contribution in [0.5, 0.6) is 0 Å². The minimum atomic E-state index is -4.56. The van der Waals surface area contributed by atoms with Gasteiger partial charge in [0, 0.05) is 19.0 Å². The van der Waals surface area contributed by atoms with Crippen LogP contribution in [0.25, 0.3) is 5.78 Å².